The molecule has 4 atom stereocenters. The molecular formula is C50H52Br2O3. The lowest BCUT2D eigenvalue weighted by molar-refractivity contribution is -0.0840. The zero-order chi connectivity index (χ0) is 39.0. The molecule has 0 bridgehead atoms. The number of halogens is 2. The molecule has 0 saturated heterocycles. The maximum Gasteiger partial charge on any atom is 0.127 e. The van der Waals surface area contributed by atoms with E-state index in [9.17, 15) is 0 Å². The smallest absolute Gasteiger partial charge is 0.127 e. The molecule has 6 aromatic carbocycles. The summed E-state index contributed by atoms with van der Waals surface area (Å²) in [5.41, 5.74) is 6.60. The van der Waals surface area contributed by atoms with Gasteiger partial charge in [0.05, 0.1) is 12.2 Å². The molecule has 0 aliphatic heterocycles. The van der Waals surface area contributed by atoms with E-state index in [0.29, 0.717) is 12.8 Å². The van der Waals surface area contributed by atoms with Gasteiger partial charge in [-0.05, 0) is 134 Å². The summed E-state index contributed by atoms with van der Waals surface area (Å²) in [7, 11) is 0. The van der Waals surface area contributed by atoms with E-state index in [1.165, 1.54) is 22.3 Å². The van der Waals surface area contributed by atoms with Crippen LogP contribution in [0.5, 0.6) is 23.0 Å². The molecule has 6 rings (SSSR count). The van der Waals surface area contributed by atoms with Gasteiger partial charge in [0, 0.05) is 19.8 Å². The minimum absolute atomic E-state index is 0.187. The van der Waals surface area contributed by atoms with Crippen LogP contribution in [0.2, 0.25) is 0 Å². The van der Waals surface area contributed by atoms with Crippen molar-refractivity contribution in [1.82, 2.24) is 0 Å². The lowest BCUT2D eigenvalue weighted by Gasteiger charge is -2.45. The summed E-state index contributed by atoms with van der Waals surface area (Å²) < 4.78 is 22.7. The third-order valence-electron chi connectivity index (χ3n) is 11.5. The Labute approximate surface area is 345 Å². The maximum absolute atomic E-state index is 7.82. The van der Waals surface area contributed by atoms with Crippen LogP contribution in [0.4, 0.5) is 0 Å². The van der Waals surface area contributed by atoms with E-state index in [0.717, 1.165) is 55.9 Å². The second-order valence-corrected chi connectivity index (χ2v) is 16.8. The van der Waals surface area contributed by atoms with Gasteiger partial charge in [0.2, 0.25) is 0 Å². The fourth-order valence-electron chi connectivity index (χ4n) is 7.33. The Bertz CT molecular complexity index is 2010. The molecule has 0 aliphatic carbocycles. The summed E-state index contributed by atoms with van der Waals surface area (Å²) in [5, 5.41) is 0. The Morgan fingerprint density at radius 2 is 0.855 bits per heavy atom. The van der Waals surface area contributed by atoms with E-state index in [1.807, 2.05) is 72.8 Å². The molecule has 55 heavy (non-hydrogen) atoms. The second kappa shape index (κ2) is 18.2. The SMILES string of the molecule is CCC(C)(c1ccc(C)c(Br)c1)C(Cc1cccc(Oc2ccccc2)c1)OC(Cc1cccc(Oc2ccccc2)c1)C(C)(CC)c1ccc(C)c(Br)c1. The molecule has 0 spiro atoms. The normalized spacial score (nSPS) is 14.7. The number of hydrogen-bond acceptors (Lipinski definition) is 3. The van der Waals surface area contributed by atoms with E-state index >= 15 is 0 Å². The Kier molecular flexibility index (Phi) is 13.4. The monoisotopic (exact) mass is 858 g/mol. The average Bonchev–Trinajstić information content (AvgIpc) is 3.20. The number of hydrogen-bond donors (Lipinski definition) is 0. The van der Waals surface area contributed by atoms with E-state index < -0.39 is 0 Å². The summed E-state index contributed by atoms with van der Waals surface area (Å²) in [6.45, 7) is 13.6. The molecule has 0 N–H and O–H groups in total. The van der Waals surface area contributed by atoms with Crippen molar-refractivity contribution in [2.24, 2.45) is 0 Å². The van der Waals surface area contributed by atoms with Gasteiger partial charge < -0.3 is 14.2 Å². The number of rotatable bonds is 16. The molecule has 0 heterocycles. The predicted octanol–water partition coefficient (Wildman–Crippen LogP) is 14.7. The van der Waals surface area contributed by atoms with Gasteiger partial charge in [-0.25, -0.2) is 0 Å². The van der Waals surface area contributed by atoms with Crippen molar-refractivity contribution in [3.05, 3.63) is 188 Å². The molecule has 0 radical (unpaired) electrons. The van der Waals surface area contributed by atoms with E-state index in [2.05, 4.69) is 146 Å². The van der Waals surface area contributed by atoms with Crippen LogP contribution in [0.3, 0.4) is 0 Å². The van der Waals surface area contributed by atoms with Crippen molar-refractivity contribution >= 4 is 31.9 Å². The van der Waals surface area contributed by atoms with Crippen molar-refractivity contribution < 1.29 is 14.2 Å². The molecule has 4 unspecified atom stereocenters. The number of ether oxygens (including phenoxy) is 3. The van der Waals surface area contributed by atoms with Crippen molar-refractivity contribution in [3.8, 4) is 23.0 Å². The van der Waals surface area contributed by atoms with Crippen molar-refractivity contribution in [1.29, 1.82) is 0 Å². The van der Waals surface area contributed by atoms with Gasteiger partial charge in [-0.3, -0.25) is 0 Å². The molecular weight excluding hydrogens is 808 g/mol. The first-order chi connectivity index (χ1) is 26.5. The molecule has 0 aromatic heterocycles. The summed E-state index contributed by atoms with van der Waals surface area (Å²) in [6.07, 6.45) is 2.80. The third-order valence-corrected chi connectivity index (χ3v) is 13.2. The van der Waals surface area contributed by atoms with E-state index in [-0.39, 0.29) is 23.0 Å². The first kappa shape index (κ1) is 40.5. The molecule has 6 aromatic rings. The van der Waals surface area contributed by atoms with Crippen LogP contribution in [0, 0.1) is 13.8 Å². The summed E-state index contributed by atoms with van der Waals surface area (Å²) >= 11 is 7.73. The minimum Gasteiger partial charge on any atom is -0.457 e. The highest BCUT2D eigenvalue weighted by molar-refractivity contribution is 9.10. The first-order valence-corrected chi connectivity index (χ1v) is 20.9. The third kappa shape index (κ3) is 9.81. The lowest BCUT2D eigenvalue weighted by atomic mass is 9.70. The van der Waals surface area contributed by atoms with Gasteiger partial charge in [-0.1, -0.05) is 144 Å². The standard InChI is InChI=1S/C50H52Br2O3/c1-7-49(5,39-27-25-35(3)45(51)33-39)47(31-37-17-15-23-43(29-37)53-41-19-11-9-12-20-41)55-48(50(6,8-2)40-28-26-36(4)46(52)34-40)32-38-18-16-24-44(30-38)54-42-21-13-10-14-22-42/h9-30,33-34,47-48H,7-8,31-32H2,1-6H3. The Hall–Kier alpha value is -4.16. The molecule has 0 fully saturated rings. The van der Waals surface area contributed by atoms with E-state index in [1.54, 1.807) is 0 Å². The van der Waals surface area contributed by atoms with Crippen molar-refractivity contribution in [2.75, 3.05) is 0 Å². The lowest BCUT2D eigenvalue weighted by Crippen LogP contribution is -2.48. The zero-order valence-corrected chi connectivity index (χ0v) is 36.0. The van der Waals surface area contributed by atoms with Crippen LogP contribution in [-0.4, -0.2) is 12.2 Å². The quantitative estimate of drug-likeness (QED) is 0.0970. The van der Waals surface area contributed by atoms with Gasteiger partial charge in [-0.2, -0.15) is 0 Å². The van der Waals surface area contributed by atoms with Gasteiger partial charge in [-0.15, -0.1) is 0 Å². The van der Waals surface area contributed by atoms with Crippen LogP contribution in [0.1, 0.15) is 73.9 Å². The summed E-state index contributed by atoms with van der Waals surface area (Å²) in [4.78, 5) is 0. The van der Waals surface area contributed by atoms with Crippen molar-refractivity contribution in [3.63, 3.8) is 0 Å². The summed E-state index contributed by atoms with van der Waals surface area (Å²) in [5.74, 6) is 3.26. The molecule has 0 amide bonds. The molecule has 0 aliphatic rings. The zero-order valence-electron chi connectivity index (χ0n) is 32.8. The van der Waals surface area contributed by atoms with Crippen LogP contribution in [0.25, 0.3) is 0 Å². The predicted molar refractivity (Wildman–Crippen MR) is 235 cm³/mol. The Morgan fingerprint density at radius 3 is 1.22 bits per heavy atom. The fraction of sp³-hybridized carbons (Fsp3) is 0.280. The minimum atomic E-state index is -0.328. The van der Waals surface area contributed by atoms with Gasteiger partial charge in [0.15, 0.2) is 0 Å². The van der Waals surface area contributed by atoms with Crippen LogP contribution >= 0.6 is 31.9 Å². The maximum atomic E-state index is 7.82. The molecule has 5 heteroatoms. The van der Waals surface area contributed by atoms with Crippen molar-refractivity contribution in [2.45, 2.75) is 90.3 Å². The first-order valence-electron chi connectivity index (χ1n) is 19.3. The highest BCUT2D eigenvalue weighted by Crippen LogP contribution is 2.43. The molecule has 284 valence electrons. The van der Waals surface area contributed by atoms with Crippen LogP contribution in [0.15, 0.2) is 155 Å². The topological polar surface area (TPSA) is 27.7 Å². The van der Waals surface area contributed by atoms with Gasteiger partial charge in [0.25, 0.3) is 0 Å². The van der Waals surface area contributed by atoms with E-state index in [4.69, 9.17) is 14.2 Å². The Balaban J connectivity index is 1.44. The number of aryl methyl sites for hydroxylation is 2. The molecule has 3 nitrogen and oxygen atoms in total. The van der Waals surface area contributed by atoms with Crippen LogP contribution < -0.4 is 9.47 Å². The number of benzene rings is 6. The average molecular weight is 861 g/mol. The fourth-order valence-corrected chi connectivity index (χ4v) is 8.08. The van der Waals surface area contributed by atoms with Gasteiger partial charge >= 0.3 is 0 Å². The van der Waals surface area contributed by atoms with Crippen LogP contribution in [-0.2, 0) is 28.4 Å². The Morgan fingerprint density at radius 1 is 0.473 bits per heavy atom. The second-order valence-electron chi connectivity index (χ2n) is 15.1. The molecule has 0 saturated carbocycles. The number of para-hydroxylation sites is 2. The van der Waals surface area contributed by atoms with Gasteiger partial charge in [0.1, 0.15) is 23.0 Å². The highest BCUT2D eigenvalue weighted by Gasteiger charge is 2.43. The largest absolute Gasteiger partial charge is 0.457 e. The summed E-state index contributed by atoms with van der Waals surface area (Å²) in [6, 6.07) is 50.5. The highest BCUT2D eigenvalue weighted by atomic mass is 79.9.